The molecule has 0 rings (SSSR count). The SMILES string of the molecule is CC(C)(C)OC(=O)N[C@@H](CCC(F)(F)F)C(=O)O. The first-order valence-corrected chi connectivity index (χ1v) is 5.20. The Hall–Kier alpha value is -1.47. The number of nitrogens with one attached hydrogen (secondary N) is 1. The van der Waals surface area contributed by atoms with E-state index < -0.39 is 42.7 Å². The molecule has 2 N–H and O–H groups in total. The number of hydrogen-bond donors (Lipinski definition) is 2. The molecule has 8 heteroatoms. The van der Waals surface area contributed by atoms with Crippen molar-refractivity contribution in [1.29, 1.82) is 0 Å². The normalized spacial score (nSPS) is 13.9. The van der Waals surface area contributed by atoms with Crippen LogP contribution in [0.25, 0.3) is 0 Å². The van der Waals surface area contributed by atoms with Gasteiger partial charge in [-0.2, -0.15) is 13.2 Å². The minimum atomic E-state index is -4.47. The molecule has 0 fully saturated rings. The van der Waals surface area contributed by atoms with E-state index in [0.717, 1.165) is 0 Å². The number of carbonyl (C=O) groups is 2. The summed E-state index contributed by atoms with van der Waals surface area (Å²) in [7, 11) is 0. The van der Waals surface area contributed by atoms with Crippen molar-refractivity contribution in [2.75, 3.05) is 0 Å². The predicted octanol–water partition coefficient (Wildman–Crippen LogP) is 2.31. The van der Waals surface area contributed by atoms with Crippen molar-refractivity contribution in [3.63, 3.8) is 0 Å². The first kappa shape index (κ1) is 16.5. The number of carboxylic acid groups (broad SMARTS) is 1. The van der Waals surface area contributed by atoms with Gasteiger partial charge in [0, 0.05) is 6.42 Å². The highest BCUT2D eigenvalue weighted by atomic mass is 19.4. The van der Waals surface area contributed by atoms with Crippen molar-refractivity contribution in [3.05, 3.63) is 0 Å². The zero-order valence-corrected chi connectivity index (χ0v) is 10.3. The van der Waals surface area contributed by atoms with E-state index in [9.17, 15) is 22.8 Å². The molecule has 0 aromatic carbocycles. The highest BCUT2D eigenvalue weighted by Gasteiger charge is 2.31. The van der Waals surface area contributed by atoms with Gasteiger partial charge in [0.05, 0.1) is 0 Å². The van der Waals surface area contributed by atoms with Crippen LogP contribution in [0.2, 0.25) is 0 Å². The zero-order valence-electron chi connectivity index (χ0n) is 10.3. The lowest BCUT2D eigenvalue weighted by molar-refractivity contribution is -0.146. The van der Waals surface area contributed by atoms with E-state index >= 15 is 0 Å². The summed E-state index contributed by atoms with van der Waals surface area (Å²) < 4.78 is 40.6. The standard InChI is InChI=1S/C10H16F3NO4/c1-9(2,3)18-8(17)14-6(7(15)16)4-5-10(11,12)13/h6H,4-5H2,1-3H3,(H,14,17)(H,15,16)/t6-/m0/s1. The Bertz CT molecular complexity index is 309. The summed E-state index contributed by atoms with van der Waals surface area (Å²) >= 11 is 0. The molecule has 18 heavy (non-hydrogen) atoms. The summed E-state index contributed by atoms with van der Waals surface area (Å²) in [5.74, 6) is -1.54. The molecule has 0 unspecified atom stereocenters. The largest absolute Gasteiger partial charge is 0.480 e. The maximum absolute atomic E-state index is 12.0. The van der Waals surface area contributed by atoms with Crippen molar-refractivity contribution in [2.45, 2.75) is 51.4 Å². The van der Waals surface area contributed by atoms with Crippen molar-refractivity contribution >= 4 is 12.1 Å². The lowest BCUT2D eigenvalue weighted by Gasteiger charge is -2.22. The summed E-state index contributed by atoms with van der Waals surface area (Å²) in [6.07, 6.45) is -7.56. The van der Waals surface area contributed by atoms with Gasteiger partial charge >= 0.3 is 18.2 Å². The third kappa shape index (κ3) is 8.66. The quantitative estimate of drug-likeness (QED) is 0.822. The van der Waals surface area contributed by atoms with Gasteiger partial charge < -0.3 is 15.2 Å². The van der Waals surface area contributed by atoms with E-state index in [2.05, 4.69) is 0 Å². The molecule has 0 saturated carbocycles. The van der Waals surface area contributed by atoms with Crippen molar-refractivity contribution in [1.82, 2.24) is 5.32 Å². The average molecular weight is 271 g/mol. The number of amides is 1. The molecule has 0 aliphatic heterocycles. The van der Waals surface area contributed by atoms with E-state index in [4.69, 9.17) is 9.84 Å². The average Bonchev–Trinajstić information content (AvgIpc) is 2.06. The van der Waals surface area contributed by atoms with Crippen molar-refractivity contribution in [2.24, 2.45) is 0 Å². The molecular weight excluding hydrogens is 255 g/mol. The fourth-order valence-corrected chi connectivity index (χ4v) is 1.02. The Morgan fingerprint density at radius 1 is 1.28 bits per heavy atom. The van der Waals surface area contributed by atoms with E-state index in [-0.39, 0.29) is 0 Å². The van der Waals surface area contributed by atoms with E-state index in [1.807, 2.05) is 5.32 Å². The lowest BCUT2D eigenvalue weighted by atomic mass is 10.1. The number of carboxylic acids is 1. The number of ether oxygens (including phenoxy) is 1. The lowest BCUT2D eigenvalue weighted by Crippen LogP contribution is -2.43. The molecule has 1 amide bonds. The third-order valence-electron chi connectivity index (χ3n) is 1.71. The summed E-state index contributed by atoms with van der Waals surface area (Å²) in [5, 5.41) is 10.6. The van der Waals surface area contributed by atoms with Gasteiger partial charge in [0.15, 0.2) is 0 Å². The zero-order chi connectivity index (χ0) is 14.6. The third-order valence-corrected chi connectivity index (χ3v) is 1.71. The number of alkyl halides is 3. The monoisotopic (exact) mass is 271 g/mol. The van der Waals surface area contributed by atoms with E-state index in [1.165, 1.54) is 0 Å². The Morgan fingerprint density at radius 3 is 2.11 bits per heavy atom. The second kappa shape index (κ2) is 5.92. The topological polar surface area (TPSA) is 75.6 Å². The van der Waals surface area contributed by atoms with Crippen LogP contribution >= 0.6 is 0 Å². The van der Waals surface area contributed by atoms with E-state index in [1.54, 1.807) is 20.8 Å². The molecule has 0 aromatic heterocycles. The minimum absolute atomic E-state index is 0.738. The van der Waals surface area contributed by atoms with Crippen molar-refractivity contribution < 1.29 is 32.6 Å². The second-order valence-electron chi connectivity index (χ2n) is 4.69. The van der Waals surface area contributed by atoms with E-state index in [0.29, 0.717) is 0 Å². The second-order valence-corrected chi connectivity index (χ2v) is 4.69. The molecule has 106 valence electrons. The molecule has 0 bridgehead atoms. The molecule has 5 nitrogen and oxygen atoms in total. The van der Waals surface area contributed by atoms with Crippen LogP contribution in [0.5, 0.6) is 0 Å². The summed E-state index contributed by atoms with van der Waals surface area (Å²) in [4.78, 5) is 21.9. The molecule has 0 aliphatic carbocycles. The van der Waals surface area contributed by atoms with Crippen LogP contribution in [0.3, 0.4) is 0 Å². The number of hydrogen-bond acceptors (Lipinski definition) is 3. The van der Waals surface area contributed by atoms with Gasteiger partial charge in [0.1, 0.15) is 11.6 Å². The Morgan fingerprint density at radius 2 is 1.78 bits per heavy atom. The molecule has 0 aromatic rings. The van der Waals surface area contributed by atoms with Crippen LogP contribution in [0.1, 0.15) is 33.6 Å². The van der Waals surface area contributed by atoms with Gasteiger partial charge in [-0.05, 0) is 27.2 Å². The van der Waals surface area contributed by atoms with Crippen LogP contribution in [0, 0.1) is 0 Å². The first-order chi connectivity index (χ1) is 7.91. The van der Waals surface area contributed by atoms with Crippen LogP contribution in [-0.4, -0.2) is 35.0 Å². The highest BCUT2D eigenvalue weighted by molar-refractivity contribution is 5.79. The number of aliphatic carboxylic acids is 1. The molecule has 0 spiro atoms. The predicted molar refractivity (Wildman–Crippen MR) is 56.1 cm³/mol. The molecule has 0 aliphatic rings. The number of halogens is 3. The van der Waals surface area contributed by atoms with Crippen LogP contribution in [0.4, 0.5) is 18.0 Å². The van der Waals surface area contributed by atoms with Crippen LogP contribution in [-0.2, 0) is 9.53 Å². The summed E-state index contributed by atoms with van der Waals surface area (Å²) in [6.45, 7) is 4.66. The highest BCUT2D eigenvalue weighted by Crippen LogP contribution is 2.22. The molecular formula is C10H16F3NO4. The maximum Gasteiger partial charge on any atom is 0.408 e. The Labute approximate surface area is 102 Å². The molecule has 1 atom stereocenters. The molecule has 0 heterocycles. The van der Waals surface area contributed by atoms with Crippen molar-refractivity contribution in [3.8, 4) is 0 Å². The smallest absolute Gasteiger partial charge is 0.408 e. The fraction of sp³-hybridized carbons (Fsp3) is 0.800. The number of alkyl carbamates (subject to hydrolysis) is 1. The summed E-state index contributed by atoms with van der Waals surface area (Å²) in [5.41, 5.74) is -0.850. The maximum atomic E-state index is 12.0. The van der Waals surface area contributed by atoms with Crippen LogP contribution < -0.4 is 5.32 Å². The first-order valence-electron chi connectivity index (χ1n) is 5.20. The minimum Gasteiger partial charge on any atom is -0.480 e. The number of rotatable bonds is 4. The van der Waals surface area contributed by atoms with Gasteiger partial charge in [-0.3, -0.25) is 0 Å². The fourth-order valence-electron chi connectivity index (χ4n) is 1.02. The Balaban J connectivity index is 4.37. The van der Waals surface area contributed by atoms with Crippen LogP contribution in [0.15, 0.2) is 0 Å². The molecule has 0 radical (unpaired) electrons. The molecule has 0 saturated heterocycles. The summed E-state index contributed by atoms with van der Waals surface area (Å²) in [6, 6.07) is -1.62. The number of carbonyl (C=O) groups excluding carboxylic acids is 1. The van der Waals surface area contributed by atoms with Gasteiger partial charge in [-0.15, -0.1) is 0 Å². The van der Waals surface area contributed by atoms with Gasteiger partial charge in [-0.25, -0.2) is 9.59 Å². The Kier molecular flexibility index (Phi) is 5.44. The van der Waals surface area contributed by atoms with Gasteiger partial charge in [0.2, 0.25) is 0 Å². The van der Waals surface area contributed by atoms with Gasteiger partial charge in [0.25, 0.3) is 0 Å². The van der Waals surface area contributed by atoms with Gasteiger partial charge in [-0.1, -0.05) is 0 Å².